The van der Waals surface area contributed by atoms with Crippen molar-refractivity contribution in [1.29, 1.82) is 0 Å². The van der Waals surface area contributed by atoms with E-state index < -0.39 is 11.5 Å². The number of amides is 1. The zero-order valence-corrected chi connectivity index (χ0v) is 15.1. The van der Waals surface area contributed by atoms with Gasteiger partial charge >= 0.3 is 0 Å². The summed E-state index contributed by atoms with van der Waals surface area (Å²) in [6.07, 6.45) is 0.871. The van der Waals surface area contributed by atoms with Crippen LogP contribution in [0.4, 0.5) is 0 Å². The van der Waals surface area contributed by atoms with Gasteiger partial charge in [-0.3, -0.25) is 9.59 Å². The van der Waals surface area contributed by atoms with E-state index in [1.165, 1.54) is 5.56 Å². The maximum atomic E-state index is 12.7. The smallest absolute Gasteiger partial charge is 0.224 e. The predicted octanol–water partition coefficient (Wildman–Crippen LogP) is 3.94. The summed E-state index contributed by atoms with van der Waals surface area (Å²) in [5.41, 5.74) is 0.451. The lowest BCUT2D eigenvalue weighted by molar-refractivity contribution is -0.135. The van der Waals surface area contributed by atoms with Crippen molar-refractivity contribution in [2.24, 2.45) is 16.7 Å². The highest BCUT2D eigenvalue weighted by molar-refractivity contribution is 5.94. The second kappa shape index (κ2) is 6.10. The van der Waals surface area contributed by atoms with Crippen LogP contribution in [0.1, 0.15) is 59.4 Å². The molecule has 1 aliphatic rings. The first-order chi connectivity index (χ1) is 10.5. The molecule has 0 saturated heterocycles. The van der Waals surface area contributed by atoms with Crippen LogP contribution in [-0.4, -0.2) is 17.7 Å². The lowest BCUT2D eigenvalue weighted by atomic mass is 9.75. The summed E-state index contributed by atoms with van der Waals surface area (Å²) in [7, 11) is 0. The average Bonchev–Trinajstić information content (AvgIpc) is 3.23. The summed E-state index contributed by atoms with van der Waals surface area (Å²) >= 11 is 0. The molecule has 1 aromatic rings. The van der Waals surface area contributed by atoms with Crippen LogP contribution in [0.15, 0.2) is 30.3 Å². The molecule has 1 amide bonds. The molecular weight excluding hydrogens is 286 g/mol. The molecule has 3 atom stereocenters. The van der Waals surface area contributed by atoms with Crippen molar-refractivity contribution in [3.63, 3.8) is 0 Å². The number of nitrogens with one attached hydrogen (secondary N) is 1. The molecule has 0 aliphatic heterocycles. The van der Waals surface area contributed by atoms with E-state index >= 15 is 0 Å². The number of benzene rings is 1. The Hall–Kier alpha value is -1.64. The molecule has 3 heteroatoms. The summed E-state index contributed by atoms with van der Waals surface area (Å²) in [4.78, 5) is 25.3. The van der Waals surface area contributed by atoms with Crippen LogP contribution in [0.3, 0.4) is 0 Å². The van der Waals surface area contributed by atoms with Gasteiger partial charge in [-0.1, -0.05) is 71.9 Å². The van der Waals surface area contributed by atoms with Crippen molar-refractivity contribution in [2.45, 2.75) is 59.9 Å². The van der Waals surface area contributed by atoms with Crippen LogP contribution in [0.25, 0.3) is 0 Å². The van der Waals surface area contributed by atoms with Crippen LogP contribution in [0, 0.1) is 16.7 Å². The zero-order chi connectivity index (χ0) is 17.4. The molecule has 0 heterocycles. The van der Waals surface area contributed by atoms with Gasteiger partial charge in [-0.2, -0.15) is 0 Å². The van der Waals surface area contributed by atoms with E-state index in [0.29, 0.717) is 5.92 Å². The Morgan fingerprint density at radius 1 is 1.04 bits per heavy atom. The molecular formula is C20H29NO2. The van der Waals surface area contributed by atoms with Gasteiger partial charge < -0.3 is 5.32 Å². The Kier molecular flexibility index (Phi) is 4.70. The van der Waals surface area contributed by atoms with Gasteiger partial charge in [0, 0.05) is 11.3 Å². The van der Waals surface area contributed by atoms with Gasteiger partial charge in [-0.05, 0) is 23.3 Å². The largest absolute Gasteiger partial charge is 0.345 e. The molecule has 3 nitrogen and oxygen atoms in total. The van der Waals surface area contributed by atoms with Gasteiger partial charge in [0.05, 0.1) is 6.04 Å². The SMILES string of the molecule is CC(C)(C)C(=O)[C@@H](NC(=O)C1C[C@@H]1c1ccccc1)C(C)(C)C. The minimum atomic E-state index is -0.465. The van der Waals surface area contributed by atoms with E-state index in [9.17, 15) is 9.59 Å². The predicted molar refractivity (Wildman–Crippen MR) is 93.1 cm³/mol. The lowest BCUT2D eigenvalue weighted by Gasteiger charge is -2.34. The molecule has 1 fully saturated rings. The number of Topliss-reactive ketones (excluding diaryl/α,β-unsaturated/α-hetero) is 1. The molecule has 1 N–H and O–H groups in total. The maximum absolute atomic E-state index is 12.7. The standard InChI is InChI=1S/C20H29NO2/c1-19(2,3)16(17(22)20(4,5)6)21-18(23)15-12-14(15)13-10-8-7-9-11-13/h7-11,14-16H,12H2,1-6H3,(H,21,23)/t14-,15?,16-/m1/s1. The van der Waals surface area contributed by atoms with Gasteiger partial charge in [0.1, 0.15) is 0 Å². The van der Waals surface area contributed by atoms with E-state index in [-0.39, 0.29) is 23.0 Å². The number of rotatable bonds is 4. The van der Waals surface area contributed by atoms with Gasteiger partial charge in [0.15, 0.2) is 5.78 Å². The summed E-state index contributed by atoms with van der Waals surface area (Å²) in [6.45, 7) is 11.7. The Labute approximate surface area is 139 Å². The summed E-state index contributed by atoms with van der Waals surface area (Å²) in [5, 5.41) is 3.04. The highest BCUT2D eigenvalue weighted by Gasteiger charge is 2.46. The molecule has 23 heavy (non-hydrogen) atoms. The van der Waals surface area contributed by atoms with Crippen molar-refractivity contribution in [1.82, 2.24) is 5.32 Å². The number of carbonyl (C=O) groups is 2. The second-order valence-electron chi connectivity index (χ2n) is 8.78. The fourth-order valence-electron chi connectivity index (χ4n) is 2.91. The normalized spacial score (nSPS) is 22.3. The van der Waals surface area contributed by atoms with Crippen LogP contribution in [0.5, 0.6) is 0 Å². The zero-order valence-electron chi connectivity index (χ0n) is 15.1. The minimum absolute atomic E-state index is 0.00461. The first-order valence-electron chi connectivity index (χ1n) is 8.41. The molecule has 1 saturated carbocycles. The first kappa shape index (κ1) is 17.7. The Morgan fingerprint density at radius 3 is 2.09 bits per heavy atom. The maximum Gasteiger partial charge on any atom is 0.224 e. The number of ketones is 1. The fraction of sp³-hybridized carbons (Fsp3) is 0.600. The van der Waals surface area contributed by atoms with E-state index in [0.717, 1.165) is 6.42 Å². The average molecular weight is 315 g/mol. The molecule has 1 unspecified atom stereocenters. The second-order valence-corrected chi connectivity index (χ2v) is 8.78. The Morgan fingerprint density at radius 2 is 1.61 bits per heavy atom. The summed E-state index contributed by atoms with van der Waals surface area (Å²) in [6, 6.07) is 9.68. The van der Waals surface area contributed by atoms with E-state index in [4.69, 9.17) is 0 Å². The Balaban J connectivity index is 2.07. The van der Waals surface area contributed by atoms with E-state index in [2.05, 4.69) is 17.4 Å². The third-order valence-electron chi connectivity index (χ3n) is 4.51. The molecule has 1 aromatic carbocycles. The van der Waals surface area contributed by atoms with Crippen molar-refractivity contribution in [3.05, 3.63) is 35.9 Å². The number of hydrogen-bond donors (Lipinski definition) is 1. The van der Waals surface area contributed by atoms with Crippen molar-refractivity contribution >= 4 is 11.7 Å². The Bertz CT molecular complexity index is 578. The van der Waals surface area contributed by atoms with E-state index in [1.807, 2.05) is 59.7 Å². The van der Waals surface area contributed by atoms with Crippen LogP contribution >= 0.6 is 0 Å². The molecule has 0 spiro atoms. The lowest BCUT2D eigenvalue weighted by Crippen LogP contribution is -2.53. The molecule has 0 bridgehead atoms. The third kappa shape index (κ3) is 4.21. The molecule has 2 rings (SSSR count). The van der Waals surface area contributed by atoms with Crippen molar-refractivity contribution in [2.75, 3.05) is 0 Å². The highest BCUT2D eigenvalue weighted by atomic mass is 16.2. The number of carbonyl (C=O) groups excluding carboxylic acids is 2. The van der Waals surface area contributed by atoms with Crippen LogP contribution < -0.4 is 5.32 Å². The first-order valence-corrected chi connectivity index (χ1v) is 8.41. The molecule has 0 radical (unpaired) electrons. The van der Waals surface area contributed by atoms with Crippen molar-refractivity contribution < 1.29 is 9.59 Å². The number of hydrogen-bond acceptors (Lipinski definition) is 2. The molecule has 1 aliphatic carbocycles. The van der Waals surface area contributed by atoms with Gasteiger partial charge in [0.25, 0.3) is 0 Å². The topological polar surface area (TPSA) is 46.2 Å². The third-order valence-corrected chi connectivity index (χ3v) is 4.51. The van der Waals surface area contributed by atoms with Crippen LogP contribution in [-0.2, 0) is 9.59 Å². The van der Waals surface area contributed by atoms with Crippen LogP contribution in [0.2, 0.25) is 0 Å². The highest BCUT2D eigenvalue weighted by Crippen LogP contribution is 2.47. The minimum Gasteiger partial charge on any atom is -0.345 e. The monoisotopic (exact) mass is 315 g/mol. The fourth-order valence-corrected chi connectivity index (χ4v) is 2.91. The van der Waals surface area contributed by atoms with Crippen molar-refractivity contribution in [3.8, 4) is 0 Å². The van der Waals surface area contributed by atoms with Gasteiger partial charge in [0.2, 0.25) is 5.91 Å². The van der Waals surface area contributed by atoms with E-state index in [1.54, 1.807) is 0 Å². The molecule has 0 aromatic heterocycles. The quantitative estimate of drug-likeness (QED) is 0.915. The summed E-state index contributed by atoms with van der Waals surface area (Å²) in [5.74, 6) is 0.392. The molecule has 126 valence electrons. The van der Waals surface area contributed by atoms with Gasteiger partial charge in [-0.15, -0.1) is 0 Å². The summed E-state index contributed by atoms with van der Waals surface area (Å²) < 4.78 is 0. The van der Waals surface area contributed by atoms with Gasteiger partial charge in [-0.25, -0.2) is 0 Å².